The maximum Gasteiger partial charge on any atom is 0.306 e. The highest BCUT2D eigenvalue weighted by molar-refractivity contribution is 5.77. The number of carbonyl (C=O) groups is 1. The second-order valence-corrected chi connectivity index (χ2v) is 6.17. The molecular weight excluding hydrogens is 296 g/mol. The smallest absolute Gasteiger partial charge is 0.306 e. The Morgan fingerprint density at radius 1 is 1.35 bits per heavy atom. The van der Waals surface area contributed by atoms with E-state index < -0.39 is 5.97 Å². The van der Waals surface area contributed by atoms with Crippen molar-refractivity contribution in [3.8, 4) is 5.75 Å². The molecular formula is C17H22N2O4. The van der Waals surface area contributed by atoms with Gasteiger partial charge in [0.2, 0.25) is 0 Å². The molecule has 0 unspecified atom stereocenters. The van der Waals surface area contributed by atoms with Gasteiger partial charge in [0, 0.05) is 18.8 Å². The second-order valence-electron chi connectivity index (χ2n) is 6.17. The molecule has 2 heterocycles. The third kappa shape index (κ3) is 3.64. The number of aliphatic hydroxyl groups is 1. The van der Waals surface area contributed by atoms with E-state index in [4.69, 9.17) is 14.9 Å². The lowest BCUT2D eigenvalue weighted by atomic mass is 9.82. The van der Waals surface area contributed by atoms with E-state index in [1.807, 2.05) is 18.3 Å². The van der Waals surface area contributed by atoms with Crippen molar-refractivity contribution in [2.24, 2.45) is 11.8 Å². The maximum atomic E-state index is 11.0. The summed E-state index contributed by atoms with van der Waals surface area (Å²) >= 11 is 0. The first kappa shape index (κ1) is 15.8. The largest absolute Gasteiger partial charge is 0.490 e. The van der Waals surface area contributed by atoms with Crippen LogP contribution in [0.15, 0.2) is 24.5 Å². The standard InChI is InChI=1S/C17H22N2O4/c20-7-8-23-14-9-16-15(18-10-14)5-6-19(16)11-12-1-3-13(4-2-12)17(21)22/h5-6,9-10,12-13,20H,1-4,7-8,11H2,(H,21,22). The van der Waals surface area contributed by atoms with E-state index in [-0.39, 0.29) is 19.1 Å². The summed E-state index contributed by atoms with van der Waals surface area (Å²) in [6.07, 6.45) is 7.12. The van der Waals surface area contributed by atoms with E-state index in [1.54, 1.807) is 6.20 Å². The summed E-state index contributed by atoms with van der Waals surface area (Å²) in [5, 5.41) is 17.9. The second kappa shape index (κ2) is 7.00. The summed E-state index contributed by atoms with van der Waals surface area (Å²) in [6.45, 7) is 1.11. The van der Waals surface area contributed by atoms with Crippen LogP contribution in [-0.4, -0.2) is 38.9 Å². The number of rotatable bonds is 6. The minimum atomic E-state index is -0.662. The molecule has 1 saturated carbocycles. The van der Waals surface area contributed by atoms with Crippen LogP contribution in [0.2, 0.25) is 0 Å². The molecule has 1 aliphatic carbocycles. The highest BCUT2D eigenvalue weighted by Gasteiger charge is 2.26. The van der Waals surface area contributed by atoms with Crippen molar-refractivity contribution in [1.29, 1.82) is 0 Å². The van der Waals surface area contributed by atoms with Crippen LogP contribution < -0.4 is 4.74 Å². The lowest BCUT2D eigenvalue weighted by Crippen LogP contribution is -2.23. The van der Waals surface area contributed by atoms with Gasteiger partial charge < -0.3 is 19.5 Å². The van der Waals surface area contributed by atoms with Gasteiger partial charge >= 0.3 is 5.97 Å². The predicted molar refractivity (Wildman–Crippen MR) is 85.4 cm³/mol. The van der Waals surface area contributed by atoms with Crippen LogP contribution in [0.1, 0.15) is 25.7 Å². The molecule has 0 bridgehead atoms. The molecule has 1 fully saturated rings. The first-order chi connectivity index (χ1) is 11.2. The van der Waals surface area contributed by atoms with Crippen LogP contribution >= 0.6 is 0 Å². The van der Waals surface area contributed by atoms with E-state index in [0.29, 0.717) is 11.7 Å². The average Bonchev–Trinajstić information content (AvgIpc) is 2.96. The zero-order chi connectivity index (χ0) is 16.2. The van der Waals surface area contributed by atoms with Crippen LogP contribution in [0.4, 0.5) is 0 Å². The number of aromatic nitrogens is 2. The number of fused-ring (bicyclic) bond motifs is 1. The SMILES string of the molecule is O=C(O)C1CCC(Cn2ccc3ncc(OCCO)cc32)CC1. The number of hydrogen-bond donors (Lipinski definition) is 2. The highest BCUT2D eigenvalue weighted by Crippen LogP contribution is 2.31. The van der Waals surface area contributed by atoms with Gasteiger partial charge in [0.25, 0.3) is 0 Å². The summed E-state index contributed by atoms with van der Waals surface area (Å²) < 4.78 is 7.59. The molecule has 6 nitrogen and oxygen atoms in total. The molecule has 0 aliphatic heterocycles. The molecule has 2 N–H and O–H groups in total. The van der Waals surface area contributed by atoms with Gasteiger partial charge in [0.15, 0.2) is 0 Å². The molecule has 23 heavy (non-hydrogen) atoms. The Morgan fingerprint density at radius 3 is 2.83 bits per heavy atom. The molecule has 6 heteroatoms. The quantitative estimate of drug-likeness (QED) is 0.853. The molecule has 124 valence electrons. The summed E-state index contributed by atoms with van der Waals surface area (Å²) in [7, 11) is 0. The van der Waals surface area contributed by atoms with Gasteiger partial charge in [-0.05, 0) is 37.7 Å². The molecule has 2 aromatic heterocycles. The van der Waals surface area contributed by atoms with Crippen LogP contribution in [-0.2, 0) is 11.3 Å². The van der Waals surface area contributed by atoms with Gasteiger partial charge in [-0.3, -0.25) is 9.78 Å². The predicted octanol–water partition coefficient (Wildman–Crippen LogP) is 2.30. The number of pyridine rings is 1. The van der Waals surface area contributed by atoms with Gasteiger partial charge in [0.1, 0.15) is 12.4 Å². The molecule has 2 aromatic rings. The Bertz CT molecular complexity index is 674. The third-order valence-electron chi connectivity index (χ3n) is 4.60. The van der Waals surface area contributed by atoms with Crippen molar-refractivity contribution in [3.63, 3.8) is 0 Å². The van der Waals surface area contributed by atoms with Crippen molar-refractivity contribution < 1.29 is 19.7 Å². The number of ether oxygens (including phenoxy) is 1. The van der Waals surface area contributed by atoms with Crippen LogP contribution in [0.5, 0.6) is 5.75 Å². The van der Waals surface area contributed by atoms with Crippen LogP contribution in [0.25, 0.3) is 11.0 Å². The Morgan fingerprint density at radius 2 is 2.13 bits per heavy atom. The van der Waals surface area contributed by atoms with Gasteiger partial charge in [-0.2, -0.15) is 0 Å². The zero-order valence-corrected chi connectivity index (χ0v) is 13.0. The van der Waals surface area contributed by atoms with E-state index in [9.17, 15) is 4.79 Å². The Hall–Kier alpha value is -2.08. The molecule has 0 amide bonds. The van der Waals surface area contributed by atoms with E-state index in [0.717, 1.165) is 43.3 Å². The van der Waals surface area contributed by atoms with Crippen molar-refractivity contribution in [2.75, 3.05) is 13.2 Å². The lowest BCUT2D eigenvalue weighted by Gasteiger charge is -2.26. The zero-order valence-electron chi connectivity index (χ0n) is 13.0. The Kier molecular flexibility index (Phi) is 4.81. The van der Waals surface area contributed by atoms with E-state index in [2.05, 4.69) is 9.55 Å². The van der Waals surface area contributed by atoms with E-state index in [1.165, 1.54) is 0 Å². The van der Waals surface area contributed by atoms with Gasteiger partial charge in [-0.25, -0.2) is 0 Å². The monoisotopic (exact) mass is 318 g/mol. The normalized spacial score (nSPS) is 21.4. The minimum Gasteiger partial charge on any atom is -0.490 e. The first-order valence-electron chi connectivity index (χ1n) is 8.08. The third-order valence-corrected chi connectivity index (χ3v) is 4.60. The molecule has 0 saturated heterocycles. The Labute approximate surface area is 134 Å². The molecule has 3 rings (SSSR count). The van der Waals surface area contributed by atoms with Gasteiger partial charge in [-0.1, -0.05) is 0 Å². The number of aliphatic carboxylic acids is 1. The Balaban J connectivity index is 1.69. The van der Waals surface area contributed by atoms with Crippen molar-refractivity contribution in [3.05, 3.63) is 24.5 Å². The fraction of sp³-hybridized carbons (Fsp3) is 0.529. The minimum absolute atomic E-state index is 0.0220. The molecule has 1 aliphatic rings. The van der Waals surface area contributed by atoms with Gasteiger partial charge in [0.05, 0.1) is 29.8 Å². The molecule has 0 spiro atoms. The van der Waals surface area contributed by atoms with Crippen LogP contribution in [0, 0.1) is 11.8 Å². The number of hydrogen-bond acceptors (Lipinski definition) is 4. The maximum absolute atomic E-state index is 11.0. The summed E-state index contributed by atoms with van der Waals surface area (Å²) in [4.78, 5) is 15.4. The fourth-order valence-corrected chi connectivity index (χ4v) is 3.32. The number of carboxylic acid groups (broad SMARTS) is 1. The van der Waals surface area contributed by atoms with Crippen molar-refractivity contribution >= 4 is 17.0 Å². The highest BCUT2D eigenvalue weighted by atomic mass is 16.5. The van der Waals surface area contributed by atoms with Crippen molar-refractivity contribution in [1.82, 2.24) is 9.55 Å². The number of carboxylic acids is 1. The average molecular weight is 318 g/mol. The van der Waals surface area contributed by atoms with E-state index >= 15 is 0 Å². The van der Waals surface area contributed by atoms with Crippen LogP contribution in [0.3, 0.4) is 0 Å². The summed E-state index contributed by atoms with van der Waals surface area (Å²) in [5.41, 5.74) is 1.93. The number of nitrogens with zero attached hydrogens (tertiary/aromatic N) is 2. The molecule has 0 aromatic carbocycles. The topological polar surface area (TPSA) is 84.6 Å². The molecule has 0 atom stereocenters. The summed E-state index contributed by atoms with van der Waals surface area (Å²) in [6, 6.07) is 3.93. The number of aliphatic hydroxyl groups excluding tert-OH is 1. The van der Waals surface area contributed by atoms with Gasteiger partial charge in [-0.15, -0.1) is 0 Å². The summed E-state index contributed by atoms with van der Waals surface area (Å²) in [5.74, 6) is 0.321. The first-order valence-corrected chi connectivity index (χ1v) is 8.08. The lowest BCUT2D eigenvalue weighted by molar-refractivity contribution is -0.143. The van der Waals surface area contributed by atoms with Crippen molar-refractivity contribution in [2.45, 2.75) is 32.2 Å². The molecule has 0 radical (unpaired) electrons. The fourth-order valence-electron chi connectivity index (χ4n) is 3.32.